The summed E-state index contributed by atoms with van der Waals surface area (Å²) in [7, 11) is 0. The van der Waals surface area contributed by atoms with Crippen LogP contribution in [0, 0.1) is 24.5 Å². The van der Waals surface area contributed by atoms with Gasteiger partial charge in [0.15, 0.2) is 11.6 Å². The third-order valence-electron chi connectivity index (χ3n) is 5.12. The Bertz CT molecular complexity index is 981. The average molecular weight is 398 g/mol. The molecule has 1 aromatic heterocycles. The van der Waals surface area contributed by atoms with E-state index in [9.17, 15) is 13.6 Å². The van der Waals surface area contributed by atoms with Gasteiger partial charge < -0.3 is 9.64 Å². The van der Waals surface area contributed by atoms with Gasteiger partial charge in [-0.3, -0.25) is 9.98 Å². The lowest BCUT2D eigenvalue weighted by Gasteiger charge is -2.31. The van der Waals surface area contributed by atoms with E-state index in [4.69, 9.17) is 4.74 Å². The third-order valence-corrected chi connectivity index (χ3v) is 5.12. The second kappa shape index (κ2) is 8.06. The van der Waals surface area contributed by atoms with Crippen LogP contribution in [0.25, 0.3) is 0 Å². The number of hydrogen-bond acceptors (Lipinski definition) is 5. The first kappa shape index (κ1) is 19.2. The Balaban J connectivity index is 1.34. The maximum absolute atomic E-state index is 14.0. The first-order valence-corrected chi connectivity index (χ1v) is 9.46. The number of carbonyl (C=O) groups is 1. The van der Waals surface area contributed by atoms with Gasteiger partial charge in [-0.05, 0) is 50.1 Å². The van der Waals surface area contributed by atoms with Crippen LogP contribution in [0.4, 0.5) is 13.6 Å². The minimum atomic E-state index is -0.543. The number of amides is 1. The van der Waals surface area contributed by atoms with Crippen molar-refractivity contribution in [1.29, 1.82) is 0 Å². The van der Waals surface area contributed by atoms with Crippen LogP contribution in [0.3, 0.4) is 0 Å². The topological polar surface area (TPSA) is 67.2 Å². The van der Waals surface area contributed by atoms with Gasteiger partial charge in [0.25, 0.3) is 0 Å². The highest BCUT2D eigenvalue weighted by molar-refractivity contribution is 6.12. The van der Waals surface area contributed by atoms with Crippen LogP contribution in [-0.4, -0.2) is 47.2 Å². The summed E-state index contributed by atoms with van der Waals surface area (Å²) < 4.78 is 32.7. The number of aromatic nitrogens is 1. The largest absolute Gasteiger partial charge is 0.415 e. The first-order chi connectivity index (χ1) is 14.0. The number of aliphatic imine (C=N–C) groups is 2. The Morgan fingerprint density at radius 3 is 2.69 bits per heavy atom. The van der Waals surface area contributed by atoms with Crippen molar-refractivity contribution in [2.75, 3.05) is 19.6 Å². The number of halogens is 2. The zero-order chi connectivity index (χ0) is 20.4. The van der Waals surface area contributed by atoms with E-state index < -0.39 is 17.7 Å². The van der Waals surface area contributed by atoms with Gasteiger partial charge >= 0.3 is 6.09 Å². The molecular weight excluding hydrogens is 378 g/mol. The lowest BCUT2D eigenvalue weighted by atomic mass is 9.92. The number of carbonyl (C=O) groups excluding carboxylic acids is 1. The van der Waals surface area contributed by atoms with Gasteiger partial charge in [0, 0.05) is 30.4 Å². The van der Waals surface area contributed by atoms with Crippen LogP contribution in [0.2, 0.25) is 0 Å². The molecule has 0 saturated carbocycles. The summed E-state index contributed by atoms with van der Waals surface area (Å²) in [6.45, 7) is 3.30. The molecule has 1 fully saturated rings. The van der Waals surface area contributed by atoms with Crippen molar-refractivity contribution in [2.24, 2.45) is 15.9 Å². The van der Waals surface area contributed by atoms with Gasteiger partial charge in [-0.15, -0.1) is 0 Å². The van der Waals surface area contributed by atoms with Gasteiger partial charge in [-0.2, -0.15) is 0 Å². The van der Waals surface area contributed by atoms with Crippen molar-refractivity contribution in [2.45, 2.75) is 19.8 Å². The molecule has 2 aliphatic heterocycles. The normalized spacial score (nSPS) is 17.1. The molecule has 0 aliphatic carbocycles. The predicted octanol–water partition coefficient (Wildman–Crippen LogP) is 3.78. The van der Waals surface area contributed by atoms with E-state index in [-0.39, 0.29) is 17.3 Å². The summed E-state index contributed by atoms with van der Waals surface area (Å²) >= 11 is 0. The molecule has 6 nitrogen and oxygen atoms in total. The third kappa shape index (κ3) is 4.31. The van der Waals surface area contributed by atoms with E-state index >= 15 is 0 Å². The molecule has 0 bridgehead atoms. The molecule has 2 aliphatic rings. The molecule has 0 atom stereocenters. The quantitative estimate of drug-likeness (QED) is 0.790. The lowest BCUT2D eigenvalue weighted by molar-refractivity contribution is 0.137. The molecular formula is C21H20F2N4O2. The molecule has 150 valence electrons. The van der Waals surface area contributed by atoms with Crippen molar-refractivity contribution < 1.29 is 18.3 Å². The fourth-order valence-electron chi connectivity index (χ4n) is 3.47. The van der Waals surface area contributed by atoms with E-state index in [2.05, 4.69) is 15.0 Å². The summed E-state index contributed by atoms with van der Waals surface area (Å²) in [5.41, 5.74) is 1.77. The van der Waals surface area contributed by atoms with Crippen LogP contribution >= 0.6 is 0 Å². The standard InChI is InChI=1S/C21H20F2N4O2/c1-13-2-4-16(11-24-13)29-21(28)27-8-6-14(7-9-27)19-12-25-20(26-19)17-10-15(22)3-5-18(17)23/h2-5,10-11,14H,6-9,12H2,1H3. The zero-order valence-electron chi connectivity index (χ0n) is 15.9. The molecule has 1 saturated heterocycles. The highest BCUT2D eigenvalue weighted by Crippen LogP contribution is 2.24. The summed E-state index contributed by atoms with van der Waals surface area (Å²) in [5.74, 6) is -0.275. The van der Waals surface area contributed by atoms with Crippen molar-refractivity contribution in [3.05, 3.63) is 59.4 Å². The van der Waals surface area contributed by atoms with Crippen molar-refractivity contribution in [3.63, 3.8) is 0 Å². The highest BCUT2D eigenvalue weighted by atomic mass is 19.1. The number of ether oxygens (including phenoxy) is 1. The van der Waals surface area contributed by atoms with E-state index in [0.29, 0.717) is 38.2 Å². The van der Waals surface area contributed by atoms with E-state index in [0.717, 1.165) is 29.6 Å². The van der Waals surface area contributed by atoms with Crippen LogP contribution in [-0.2, 0) is 0 Å². The van der Waals surface area contributed by atoms with Gasteiger partial charge in [0.2, 0.25) is 0 Å². The number of amidine groups is 1. The number of aryl methyl sites for hydroxylation is 1. The number of rotatable bonds is 3. The second-order valence-electron chi connectivity index (χ2n) is 7.13. The Hall–Kier alpha value is -3.16. The smallest absolute Gasteiger partial charge is 0.409 e. The van der Waals surface area contributed by atoms with E-state index in [1.165, 1.54) is 6.20 Å². The molecule has 0 radical (unpaired) electrons. The van der Waals surface area contributed by atoms with Crippen molar-refractivity contribution in [1.82, 2.24) is 9.88 Å². The number of benzene rings is 1. The number of likely N-dealkylation sites (tertiary alicyclic amines) is 1. The molecule has 29 heavy (non-hydrogen) atoms. The first-order valence-electron chi connectivity index (χ1n) is 9.46. The van der Waals surface area contributed by atoms with E-state index in [1.807, 2.05) is 6.92 Å². The maximum Gasteiger partial charge on any atom is 0.415 e. The fourth-order valence-corrected chi connectivity index (χ4v) is 3.47. The maximum atomic E-state index is 14.0. The number of piperidine rings is 1. The highest BCUT2D eigenvalue weighted by Gasteiger charge is 2.29. The van der Waals surface area contributed by atoms with Gasteiger partial charge in [-0.25, -0.2) is 18.6 Å². The summed E-state index contributed by atoms with van der Waals surface area (Å²) in [5, 5.41) is 0. The van der Waals surface area contributed by atoms with Crippen molar-refractivity contribution in [3.8, 4) is 5.75 Å². The van der Waals surface area contributed by atoms with Gasteiger partial charge in [0.1, 0.15) is 11.6 Å². The van der Waals surface area contributed by atoms with Crippen LogP contribution < -0.4 is 4.74 Å². The molecule has 1 amide bonds. The molecule has 3 heterocycles. The number of nitrogens with zero attached hydrogens (tertiary/aromatic N) is 4. The molecule has 0 unspecified atom stereocenters. The zero-order valence-corrected chi connectivity index (χ0v) is 15.9. The monoisotopic (exact) mass is 398 g/mol. The Morgan fingerprint density at radius 2 is 1.97 bits per heavy atom. The fraction of sp³-hybridized carbons (Fsp3) is 0.333. The minimum Gasteiger partial charge on any atom is -0.409 e. The lowest BCUT2D eigenvalue weighted by Crippen LogP contribution is -2.41. The molecule has 1 aromatic carbocycles. The van der Waals surface area contributed by atoms with E-state index in [1.54, 1.807) is 17.0 Å². The summed E-state index contributed by atoms with van der Waals surface area (Å²) in [4.78, 5) is 26.8. The molecule has 0 spiro atoms. The van der Waals surface area contributed by atoms with Gasteiger partial charge in [-0.1, -0.05) is 0 Å². The van der Waals surface area contributed by atoms with Crippen LogP contribution in [0.5, 0.6) is 5.75 Å². The molecule has 8 heteroatoms. The summed E-state index contributed by atoms with van der Waals surface area (Å²) in [6.07, 6.45) is 2.56. The molecule has 4 rings (SSSR count). The van der Waals surface area contributed by atoms with Crippen LogP contribution in [0.1, 0.15) is 24.1 Å². The predicted molar refractivity (Wildman–Crippen MR) is 104 cm³/mol. The Labute approximate surface area is 167 Å². The second-order valence-corrected chi connectivity index (χ2v) is 7.13. The molecule has 2 aromatic rings. The Kier molecular flexibility index (Phi) is 5.33. The van der Waals surface area contributed by atoms with Crippen molar-refractivity contribution >= 4 is 17.6 Å². The SMILES string of the molecule is Cc1ccc(OC(=O)N2CCC(C3=NC(c4cc(F)ccc4F)=NC3)CC2)cn1. The minimum absolute atomic E-state index is 0.0766. The van der Waals surface area contributed by atoms with Crippen LogP contribution in [0.15, 0.2) is 46.5 Å². The summed E-state index contributed by atoms with van der Waals surface area (Å²) in [6, 6.07) is 6.75. The Morgan fingerprint density at radius 1 is 1.17 bits per heavy atom. The molecule has 0 N–H and O–H groups in total. The average Bonchev–Trinajstić information content (AvgIpc) is 3.21. The number of hydrogen-bond donors (Lipinski definition) is 0. The van der Waals surface area contributed by atoms with Gasteiger partial charge in [0.05, 0.1) is 18.3 Å². The number of pyridine rings is 1.